The standard InChI is InChI=1S/C47H61NO11/c1-6-8-13-22-43(51)55-31-36-30-48-34(5)46(40(36)32-56-44(52)23-14-9-7-2)59-47(54)58-37(26-25-35-19-15-12-16-20-35)27-28-39-38(41(49)29-42(39)50)21-17-10-11-18-24-45(53)57-33(3)4/h1-2,10,12,15-17,19-20,30,33,37-39,41-42,49-50H,8-9,11,13-14,18,21-29,31-32H2,3-5H3/b17-10-/t37-,38+,39+,41-,42+/m0/s1. The molecule has 59 heavy (non-hydrogen) atoms. The van der Waals surface area contributed by atoms with Crippen LogP contribution in [0, 0.1) is 43.4 Å². The van der Waals surface area contributed by atoms with E-state index in [1.165, 1.54) is 6.20 Å². The first-order valence-electron chi connectivity index (χ1n) is 20.7. The molecule has 320 valence electrons. The van der Waals surface area contributed by atoms with Gasteiger partial charge in [-0.2, -0.15) is 0 Å². The number of aryl methyl sites for hydroxylation is 2. The number of aromatic nitrogens is 1. The maximum Gasteiger partial charge on any atom is 0.514 e. The Morgan fingerprint density at radius 3 is 2.15 bits per heavy atom. The number of pyridine rings is 1. The SMILES string of the molecule is C#CCCCC(=O)OCc1cnc(C)c(OC(=O)O[C@@H](CCc2ccccc2)CC[C@@H]2[C@@H](C/C=C\CCCC(=O)OC(C)C)[C@@H](O)C[C@H]2O)c1COC(=O)CCCC#C. The average molecular weight is 816 g/mol. The van der Waals surface area contributed by atoms with Crippen molar-refractivity contribution in [3.63, 3.8) is 0 Å². The van der Waals surface area contributed by atoms with Crippen molar-refractivity contribution in [1.82, 2.24) is 4.98 Å². The molecule has 1 aromatic heterocycles. The van der Waals surface area contributed by atoms with E-state index in [1.807, 2.05) is 56.3 Å². The molecule has 5 atom stereocenters. The second-order valence-corrected chi connectivity index (χ2v) is 15.1. The topological polar surface area (TPSA) is 168 Å². The Kier molecular flexibility index (Phi) is 21.9. The molecular weight excluding hydrogens is 755 g/mol. The first kappa shape index (κ1) is 48.2. The van der Waals surface area contributed by atoms with E-state index in [4.69, 9.17) is 36.5 Å². The van der Waals surface area contributed by atoms with Gasteiger partial charge in [0.15, 0.2) is 5.75 Å². The number of carbonyl (C=O) groups excluding carboxylic acids is 4. The summed E-state index contributed by atoms with van der Waals surface area (Å²) in [6, 6.07) is 9.78. The number of unbranched alkanes of at least 4 members (excludes halogenated alkanes) is 3. The molecule has 1 aliphatic carbocycles. The summed E-state index contributed by atoms with van der Waals surface area (Å²) in [6.45, 7) is 4.76. The minimum absolute atomic E-state index is 0.0205. The van der Waals surface area contributed by atoms with Crippen LogP contribution in [0.1, 0.15) is 126 Å². The van der Waals surface area contributed by atoms with E-state index in [2.05, 4.69) is 16.8 Å². The third-order valence-corrected chi connectivity index (χ3v) is 10.2. The lowest BCUT2D eigenvalue weighted by Crippen LogP contribution is -2.27. The molecule has 0 bridgehead atoms. The summed E-state index contributed by atoms with van der Waals surface area (Å²) in [5.74, 6) is 3.36. The molecule has 1 aliphatic rings. The van der Waals surface area contributed by atoms with Crippen molar-refractivity contribution in [1.29, 1.82) is 0 Å². The zero-order valence-electron chi connectivity index (χ0n) is 34.8. The van der Waals surface area contributed by atoms with Gasteiger partial charge >= 0.3 is 24.1 Å². The molecule has 1 fully saturated rings. The van der Waals surface area contributed by atoms with E-state index in [0.717, 1.165) is 5.56 Å². The van der Waals surface area contributed by atoms with Crippen LogP contribution >= 0.6 is 0 Å². The van der Waals surface area contributed by atoms with Gasteiger partial charge in [0.05, 0.1) is 24.0 Å². The zero-order chi connectivity index (χ0) is 43.0. The van der Waals surface area contributed by atoms with Gasteiger partial charge in [-0.1, -0.05) is 42.5 Å². The maximum atomic E-state index is 13.6. The second-order valence-electron chi connectivity index (χ2n) is 15.1. The van der Waals surface area contributed by atoms with E-state index in [9.17, 15) is 29.4 Å². The minimum Gasteiger partial charge on any atom is -0.463 e. The highest BCUT2D eigenvalue weighted by Gasteiger charge is 2.41. The van der Waals surface area contributed by atoms with Crippen LogP contribution in [0.15, 0.2) is 48.7 Å². The fraction of sp³-hybridized carbons (Fsp3) is 0.553. The number of carbonyl (C=O) groups is 4. The zero-order valence-corrected chi connectivity index (χ0v) is 34.8. The lowest BCUT2D eigenvalue weighted by atomic mass is 9.85. The highest BCUT2D eigenvalue weighted by molar-refractivity contribution is 5.71. The van der Waals surface area contributed by atoms with Gasteiger partial charge < -0.3 is 33.9 Å². The van der Waals surface area contributed by atoms with Gasteiger partial charge in [0, 0.05) is 49.4 Å². The molecular formula is C47H61NO11. The molecule has 0 saturated heterocycles. The summed E-state index contributed by atoms with van der Waals surface area (Å²) < 4.78 is 28.0. The van der Waals surface area contributed by atoms with Gasteiger partial charge in [-0.05, 0) is 102 Å². The number of nitrogens with zero attached hydrogens (tertiary/aromatic N) is 1. The largest absolute Gasteiger partial charge is 0.514 e. The van der Waals surface area contributed by atoms with Crippen LogP contribution in [-0.2, 0) is 53.0 Å². The predicted octanol–water partition coefficient (Wildman–Crippen LogP) is 7.81. The Morgan fingerprint density at radius 2 is 1.49 bits per heavy atom. The molecule has 12 nitrogen and oxygen atoms in total. The number of allylic oxidation sites excluding steroid dienone is 2. The molecule has 0 amide bonds. The van der Waals surface area contributed by atoms with E-state index >= 15 is 0 Å². The number of hydrogen-bond acceptors (Lipinski definition) is 12. The van der Waals surface area contributed by atoms with Crippen LogP contribution in [0.4, 0.5) is 4.79 Å². The highest BCUT2D eigenvalue weighted by atomic mass is 16.7. The first-order valence-corrected chi connectivity index (χ1v) is 20.7. The van der Waals surface area contributed by atoms with Gasteiger partial charge in [0.2, 0.25) is 0 Å². The predicted molar refractivity (Wildman–Crippen MR) is 221 cm³/mol. The summed E-state index contributed by atoms with van der Waals surface area (Å²) in [7, 11) is 0. The van der Waals surface area contributed by atoms with E-state index in [0.29, 0.717) is 93.9 Å². The van der Waals surface area contributed by atoms with Crippen LogP contribution in [0.25, 0.3) is 0 Å². The quantitative estimate of drug-likeness (QED) is 0.0329. The van der Waals surface area contributed by atoms with Crippen molar-refractivity contribution >= 4 is 24.1 Å². The minimum atomic E-state index is -0.998. The normalized spacial score (nSPS) is 17.8. The van der Waals surface area contributed by atoms with Crippen molar-refractivity contribution in [3.05, 3.63) is 71.1 Å². The summed E-state index contributed by atoms with van der Waals surface area (Å²) in [5.41, 5.74) is 2.05. The maximum absolute atomic E-state index is 13.6. The second kappa shape index (κ2) is 26.8. The lowest BCUT2D eigenvalue weighted by molar-refractivity contribution is -0.147. The Labute approximate surface area is 349 Å². The van der Waals surface area contributed by atoms with Gasteiger partial charge in [0.1, 0.15) is 19.3 Å². The fourth-order valence-electron chi connectivity index (χ4n) is 7.04. The van der Waals surface area contributed by atoms with E-state index in [-0.39, 0.29) is 62.1 Å². The van der Waals surface area contributed by atoms with Crippen molar-refractivity contribution in [2.24, 2.45) is 11.8 Å². The summed E-state index contributed by atoms with van der Waals surface area (Å²) in [6.07, 6.45) is 19.3. The lowest BCUT2D eigenvalue weighted by Gasteiger charge is -2.25. The van der Waals surface area contributed by atoms with Gasteiger partial charge in [-0.3, -0.25) is 19.4 Å². The summed E-state index contributed by atoms with van der Waals surface area (Å²) in [4.78, 5) is 54.9. The van der Waals surface area contributed by atoms with Crippen molar-refractivity contribution in [2.75, 3.05) is 0 Å². The summed E-state index contributed by atoms with van der Waals surface area (Å²) in [5, 5.41) is 21.9. The molecule has 0 unspecified atom stereocenters. The van der Waals surface area contributed by atoms with Crippen molar-refractivity contribution in [2.45, 2.75) is 155 Å². The third-order valence-electron chi connectivity index (χ3n) is 10.2. The number of hydrogen-bond donors (Lipinski definition) is 2. The van der Waals surface area contributed by atoms with Crippen LogP contribution in [0.2, 0.25) is 0 Å². The van der Waals surface area contributed by atoms with Crippen LogP contribution in [0.5, 0.6) is 5.75 Å². The van der Waals surface area contributed by atoms with Gasteiger partial charge in [-0.25, -0.2) is 4.79 Å². The van der Waals surface area contributed by atoms with Gasteiger partial charge in [0.25, 0.3) is 0 Å². The molecule has 1 saturated carbocycles. The van der Waals surface area contributed by atoms with Gasteiger partial charge in [-0.15, -0.1) is 24.7 Å². The number of benzene rings is 1. The number of aliphatic hydroxyl groups is 2. The highest BCUT2D eigenvalue weighted by Crippen LogP contribution is 2.39. The smallest absolute Gasteiger partial charge is 0.463 e. The van der Waals surface area contributed by atoms with Crippen LogP contribution in [-0.4, -0.2) is 63.7 Å². The van der Waals surface area contributed by atoms with E-state index < -0.39 is 36.4 Å². The Balaban J connectivity index is 1.75. The summed E-state index contributed by atoms with van der Waals surface area (Å²) >= 11 is 0. The third kappa shape index (κ3) is 18.1. The molecule has 1 heterocycles. The Morgan fingerprint density at radius 1 is 0.847 bits per heavy atom. The van der Waals surface area contributed by atoms with Crippen LogP contribution in [0.3, 0.4) is 0 Å². The fourth-order valence-corrected chi connectivity index (χ4v) is 7.04. The number of rotatable bonds is 25. The molecule has 2 N–H and O–H groups in total. The molecule has 2 aromatic rings. The monoisotopic (exact) mass is 815 g/mol. The number of ether oxygens (including phenoxy) is 5. The number of esters is 3. The molecule has 0 aliphatic heterocycles. The Hall–Kier alpha value is -5.17. The first-order chi connectivity index (χ1) is 28.4. The molecule has 0 radical (unpaired) electrons. The van der Waals surface area contributed by atoms with E-state index in [1.54, 1.807) is 6.92 Å². The molecule has 3 rings (SSSR count). The van der Waals surface area contributed by atoms with Crippen molar-refractivity contribution < 1.29 is 53.1 Å². The molecule has 1 aromatic carbocycles. The number of terminal acetylenes is 2. The average Bonchev–Trinajstić information content (AvgIpc) is 3.47. The Bertz CT molecular complexity index is 1740. The van der Waals surface area contributed by atoms with Crippen molar-refractivity contribution in [3.8, 4) is 30.4 Å². The van der Waals surface area contributed by atoms with Crippen LogP contribution < -0.4 is 4.74 Å². The molecule has 0 spiro atoms. The molecule has 12 heteroatoms. The number of aliphatic hydroxyl groups excluding tert-OH is 2.